The van der Waals surface area contributed by atoms with Crippen molar-refractivity contribution in [1.82, 2.24) is 5.32 Å². The van der Waals surface area contributed by atoms with Gasteiger partial charge in [0.1, 0.15) is 0 Å². The lowest BCUT2D eigenvalue weighted by Gasteiger charge is -2.03. The number of hydrogen-bond donors (Lipinski definition) is 1. The highest BCUT2D eigenvalue weighted by atomic mass is 16.1. The summed E-state index contributed by atoms with van der Waals surface area (Å²) in [7, 11) is 0. The fourth-order valence-electron chi connectivity index (χ4n) is 1.30. The highest BCUT2D eigenvalue weighted by Crippen LogP contribution is 2.02. The van der Waals surface area contributed by atoms with Gasteiger partial charge >= 0.3 is 0 Å². The van der Waals surface area contributed by atoms with Crippen molar-refractivity contribution in [2.24, 2.45) is 0 Å². The summed E-state index contributed by atoms with van der Waals surface area (Å²) in [5.74, 6) is -0.0235. The van der Waals surface area contributed by atoms with Crippen LogP contribution in [0.15, 0.2) is 36.4 Å². The molecule has 1 aromatic rings. The molecule has 1 N–H and O–H groups in total. The van der Waals surface area contributed by atoms with E-state index in [2.05, 4.69) is 36.5 Å². The van der Waals surface area contributed by atoms with Crippen molar-refractivity contribution < 1.29 is 4.79 Å². The van der Waals surface area contributed by atoms with Gasteiger partial charge in [-0.15, -0.1) is 0 Å². The van der Waals surface area contributed by atoms with Crippen LogP contribution in [0.1, 0.15) is 18.1 Å². The SMILES string of the molecule is CC=CC(=O)NCCc1ccc(C)cc1. The molecule has 1 aromatic carbocycles. The normalized spacial score (nSPS) is 10.5. The minimum Gasteiger partial charge on any atom is -0.352 e. The Balaban J connectivity index is 2.32. The van der Waals surface area contributed by atoms with Gasteiger partial charge in [-0.25, -0.2) is 0 Å². The molecule has 0 saturated carbocycles. The molecule has 0 spiro atoms. The van der Waals surface area contributed by atoms with Gasteiger partial charge < -0.3 is 5.32 Å². The van der Waals surface area contributed by atoms with Crippen LogP contribution in [0.2, 0.25) is 0 Å². The number of carbonyl (C=O) groups excluding carboxylic acids is 1. The number of hydrogen-bond acceptors (Lipinski definition) is 1. The zero-order chi connectivity index (χ0) is 11.1. The van der Waals surface area contributed by atoms with Crippen LogP contribution in [0.3, 0.4) is 0 Å². The topological polar surface area (TPSA) is 29.1 Å². The van der Waals surface area contributed by atoms with Gasteiger partial charge in [-0.3, -0.25) is 4.79 Å². The summed E-state index contributed by atoms with van der Waals surface area (Å²) in [6.07, 6.45) is 4.15. The number of nitrogens with one attached hydrogen (secondary N) is 1. The Labute approximate surface area is 91.0 Å². The van der Waals surface area contributed by atoms with E-state index in [-0.39, 0.29) is 5.91 Å². The molecule has 0 aliphatic heterocycles. The van der Waals surface area contributed by atoms with E-state index in [4.69, 9.17) is 0 Å². The lowest BCUT2D eigenvalue weighted by Crippen LogP contribution is -2.23. The second-order valence-corrected chi connectivity index (χ2v) is 3.53. The Morgan fingerprint density at radius 2 is 2.00 bits per heavy atom. The molecule has 15 heavy (non-hydrogen) atoms. The van der Waals surface area contributed by atoms with Crippen molar-refractivity contribution >= 4 is 5.91 Å². The number of allylic oxidation sites excluding steroid dienone is 1. The van der Waals surface area contributed by atoms with Gasteiger partial charge in [0.15, 0.2) is 0 Å². The van der Waals surface area contributed by atoms with Crippen molar-refractivity contribution in [2.75, 3.05) is 6.54 Å². The molecule has 0 radical (unpaired) electrons. The predicted molar refractivity (Wildman–Crippen MR) is 62.7 cm³/mol. The van der Waals surface area contributed by atoms with Gasteiger partial charge in [0.25, 0.3) is 0 Å². The molecule has 0 atom stereocenters. The maximum absolute atomic E-state index is 11.1. The molecule has 0 aliphatic rings. The van der Waals surface area contributed by atoms with E-state index in [1.54, 1.807) is 6.08 Å². The van der Waals surface area contributed by atoms with Gasteiger partial charge in [0, 0.05) is 6.54 Å². The molecule has 0 aromatic heterocycles. The molecule has 80 valence electrons. The summed E-state index contributed by atoms with van der Waals surface area (Å²) in [5, 5.41) is 2.82. The van der Waals surface area contributed by atoms with Crippen molar-refractivity contribution in [1.29, 1.82) is 0 Å². The van der Waals surface area contributed by atoms with E-state index >= 15 is 0 Å². The first-order valence-electron chi connectivity index (χ1n) is 5.18. The van der Waals surface area contributed by atoms with Gasteiger partial charge in [-0.1, -0.05) is 35.9 Å². The largest absolute Gasteiger partial charge is 0.352 e. The lowest BCUT2D eigenvalue weighted by atomic mass is 10.1. The van der Waals surface area contributed by atoms with Crippen molar-refractivity contribution in [2.45, 2.75) is 20.3 Å². The molecule has 0 saturated heterocycles. The van der Waals surface area contributed by atoms with Gasteiger partial charge in [0.05, 0.1) is 0 Å². The third-order valence-corrected chi connectivity index (χ3v) is 2.15. The third kappa shape index (κ3) is 4.45. The van der Waals surface area contributed by atoms with E-state index in [1.807, 2.05) is 6.92 Å². The molecular weight excluding hydrogens is 186 g/mol. The van der Waals surface area contributed by atoms with Crippen molar-refractivity contribution in [3.63, 3.8) is 0 Å². The molecule has 0 bridgehead atoms. The van der Waals surface area contributed by atoms with Crippen LogP contribution < -0.4 is 5.32 Å². The smallest absolute Gasteiger partial charge is 0.243 e. The van der Waals surface area contributed by atoms with Crippen LogP contribution in [-0.2, 0) is 11.2 Å². The van der Waals surface area contributed by atoms with Crippen LogP contribution in [-0.4, -0.2) is 12.5 Å². The molecule has 0 aliphatic carbocycles. The minimum atomic E-state index is -0.0235. The average Bonchev–Trinajstić information content (AvgIpc) is 2.21. The number of benzene rings is 1. The van der Waals surface area contributed by atoms with Gasteiger partial charge in [-0.05, 0) is 31.9 Å². The van der Waals surface area contributed by atoms with Crippen LogP contribution >= 0.6 is 0 Å². The Hall–Kier alpha value is -1.57. The monoisotopic (exact) mass is 203 g/mol. The Morgan fingerprint density at radius 1 is 1.33 bits per heavy atom. The molecule has 2 heteroatoms. The van der Waals surface area contributed by atoms with E-state index < -0.39 is 0 Å². The molecule has 0 fully saturated rings. The number of rotatable bonds is 4. The average molecular weight is 203 g/mol. The second-order valence-electron chi connectivity index (χ2n) is 3.53. The fourth-order valence-corrected chi connectivity index (χ4v) is 1.30. The Bertz CT molecular complexity index is 338. The summed E-state index contributed by atoms with van der Waals surface area (Å²) in [6, 6.07) is 8.36. The van der Waals surface area contributed by atoms with E-state index in [9.17, 15) is 4.79 Å². The van der Waals surface area contributed by atoms with Crippen molar-refractivity contribution in [3.05, 3.63) is 47.5 Å². The maximum atomic E-state index is 11.1. The lowest BCUT2D eigenvalue weighted by molar-refractivity contribution is -0.116. The third-order valence-electron chi connectivity index (χ3n) is 2.15. The minimum absolute atomic E-state index is 0.0235. The van der Waals surface area contributed by atoms with Crippen LogP contribution in [0.4, 0.5) is 0 Å². The van der Waals surface area contributed by atoms with Crippen LogP contribution in [0.5, 0.6) is 0 Å². The summed E-state index contributed by atoms with van der Waals surface area (Å²) in [6.45, 7) is 4.59. The van der Waals surface area contributed by atoms with Gasteiger partial charge in [0.2, 0.25) is 5.91 Å². The predicted octanol–water partition coefficient (Wildman–Crippen LogP) is 2.23. The summed E-state index contributed by atoms with van der Waals surface area (Å²) in [5.41, 5.74) is 2.51. The van der Waals surface area contributed by atoms with Crippen molar-refractivity contribution in [3.8, 4) is 0 Å². The zero-order valence-electron chi connectivity index (χ0n) is 9.29. The molecule has 1 amide bonds. The van der Waals surface area contributed by atoms with E-state index in [1.165, 1.54) is 17.2 Å². The fraction of sp³-hybridized carbons (Fsp3) is 0.308. The summed E-state index contributed by atoms with van der Waals surface area (Å²) in [4.78, 5) is 11.1. The van der Waals surface area contributed by atoms with Gasteiger partial charge in [-0.2, -0.15) is 0 Å². The summed E-state index contributed by atoms with van der Waals surface area (Å²) >= 11 is 0. The number of amides is 1. The molecule has 2 nitrogen and oxygen atoms in total. The summed E-state index contributed by atoms with van der Waals surface area (Å²) < 4.78 is 0. The molecule has 0 unspecified atom stereocenters. The number of aryl methyl sites for hydroxylation is 1. The standard InChI is InChI=1S/C13H17NO/c1-3-4-13(15)14-10-9-12-7-5-11(2)6-8-12/h3-8H,9-10H2,1-2H3,(H,14,15). The molecular formula is C13H17NO. The van der Waals surface area contributed by atoms with Crippen LogP contribution in [0.25, 0.3) is 0 Å². The highest BCUT2D eigenvalue weighted by molar-refractivity contribution is 5.87. The molecule has 0 heterocycles. The first-order chi connectivity index (χ1) is 7.22. The zero-order valence-corrected chi connectivity index (χ0v) is 9.29. The number of carbonyl (C=O) groups is 1. The quantitative estimate of drug-likeness (QED) is 0.747. The van der Waals surface area contributed by atoms with Crippen LogP contribution in [0, 0.1) is 6.92 Å². The Morgan fingerprint density at radius 3 is 2.60 bits per heavy atom. The Kier molecular flexibility index (Phi) is 4.61. The maximum Gasteiger partial charge on any atom is 0.243 e. The second kappa shape index (κ2) is 6.02. The van der Waals surface area contributed by atoms with E-state index in [0.717, 1.165) is 6.42 Å². The first-order valence-corrected chi connectivity index (χ1v) is 5.18. The first kappa shape index (κ1) is 11.5. The highest BCUT2D eigenvalue weighted by Gasteiger charge is 1.95. The van der Waals surface area contributed by atoms with E-state index in [0.29, 0.717) is 6.54 Å². The molecule has 1 rings (SSSR count).